The molecule has 0 aliphatic heterocycles. The van der Waals surface area contributed by atoms with Crippen LogP contribution in [0.3, 0.4) is 0 Å². The zero-order valence-electron chi connectivity index (χ0n) is 13.7. The maximum Gasteiger partial charge on any atom is 0.453 e. The van der Waals surface area contributed by atoms with E-state index in [1.807, 2.05) is 20.8 Å². The second-order valence-electron chi connectivity index (χ2n) is 5.82. The van der Waals surface area contributed by atoms with Gasteiger partial charge in [0.15, 0.2) is 0 Å². The van der Waals surface area contributed by atoms with E-state index in [0.29, 0.717) is 25.2 Å². The molecule has 0 N–H and O–H groups in total. The first-order chi connectivity index (χ1) is 10.5. The van der Waals surface area contributed by atoms with Gasteiger partial charge in [-0.1, -0.05) is 20.8 Å². The minimum Gasteiger partial charge on any atom is -0.465 e. The smallest absolute Gasteiger partial charge is 0.453 e. The Balaban J connectivity index is 4.20. The van der Waals surface area contributed by atoms with Crippen LogP contribution in [0.2, 0.25) is 0 Å². The van der Waals surface area contributed by atoms with E-state index in [0.717, 1.165) is 0 Å². The molecule has 8 heteroatoms. The zero-order chi connectivity index (χ0) is 18.1. The fourth-order valence-corrected chi connectivity index (χ4v) is 3.15. The Morgan fingerprint density at radius 1 is 1.13 bits per heavy atom. The van der Waals surface area contributed by atoms with Crippen LogP contribution in [0, 0.1) is 5.92 Å². The molecule has 23 heavy (non-hydrogen) atoms. The van der Waals surface area contributed by atoms with E-state index < -0.39 is 23.8 Å². The lowest BCUT2D eigenvalue weighted by atomic mass is 10.1. The summed E-state index contributed by atoms with van der Waals surface area (Å²) in [7, 11) is 0. The maximum absolute atomic E-state index is 12.8. The van der Waals surface area contributed by atoms with Crippen molar-refractivity contribution in [3.8, 4) is 0 Å². The van der Waals surface area contributed by atoms with Crippen molar-refractivity contribution in [2.45, 2.75) is 70.2 Å². The van der Waals surface area contributed by atoms with E-state index in [1.165, 1.54) is 11.8 Å². The summed E-state index contributed by atoms with van der Waals surface area (Å²) >= 11 is 1.27. The highest BCUT2D eigenvalue weighted by molar-refractivity contribution is 8.00. The first kappa shape index (κ1) is 22.5. The van der Waals surface area contributed by atoms with Gasteiger partial charge in [-0.25, -0.2) is 0 Å². The van der Waals surface area contributed by atoms with Crippen molar-refractivity contribution in [2.24, 2.45) is 5.92 Å². The quantitative estimate of drug-likeness (QED) is 0.277. The number of rotatable bonds is 11. The Labute approximate surface area is 138 Å². The van der Waals surface area contributed by atoms with E-state index in [4.69, 9.17) is 4.74 Å². The number of halogens is 5. The summed E-state index contributed by atoms with van der Waals surface area (Å²) < 4.78 is 66.6. The summed E-state index contributed by atoms with van der Waals surface area (Å²) in [6, 6.07) is 0. The lowest BCUT2D eigenvalue weighted by Gasteiger charge is -2.20. The highest BCUT2D eigenvalue weighted by Gasteiger charge is 2.56. The van der Waals surface area contributed by atoms with Crippen molar-refractivity contribution in [3.05, 3.63) is 0 Å². The standard InChI is InChI=1S/C15H25F5O2S/c1-4-8-22-13(21)12(10-11(2)3)23-9-6-5-7-14(16,17)15(18,19)20/h11-12H,4-10H2,1-3H3. The molecule has 0 radical (unpaired) electrons. The summed E-state index contributed by atoms with van der Waals surface area (Å²) in [5.41, 5.74) is 0. The van der Waals surface area contributed by atoms with E-state index in [-0.39, 0.29) is 24.7 Å². The molecular formula is C15H25F5O2S. The summed E-state index contributed by atoms with van der Waals surface area (Å²) in [6.07, 6.45) is -5.45. The second-order valence-corrected chi connectivity index (χ2v) is 7.13. The van der Waals surface area contributed by atoms with Gasteiger partial charge >= 0.3 is 18.1 Å². The average molecular weight is 364 g/mol. The van der Waals surface area contributed by atoms with Crippen molar-refractivity contribution >= 4 is 17.7 Å². The Kier molecular flexibility index (Phi) is 10.1. The van der Waals surface area contributed by atoms with Crippen LogP contribution in [-0.2, 0) is 9.53 Å². The molecule has 0 saturated carbocycles. The van der Waals surface area contributed by atoms with Gasteiger partial charge in [-0.3, -0.25) is 4.79 Å². The molecule has 0 heterocycles. The lowest BCUT2D eigenvalue weighted by molar-refractivity contribution is -0.284. The average Bonchev–Trinajstić information content (AvgIpc) is 2.41. The Bertz CT molecular complexity index is 345. The number of unbranched alkanes of at least 4 members (excludes halogenated alkanes) is 1. The summed E-state index contributed by atoms with van der Waals surface area (Å²) in [5.74, 6) is -4.37. The van der Waals surface area contributed by atoms with Gasteiger partial charge in [-0.05, 0) is 37.4 Å². The monoisotopic (exact) mass is 364 g/mol. The lowest BCUT2D eigenvalue weighted by Crippen LogP contribution is -2.36. The molecule has 0 aromatic carbocycles. The Hall–Kier alpha value is -0.530. The second kappa shape index (κ2) is 10.4. The molecule has 2 nitrogen and oxygen atoms in total. The molecule has 0 spiro atoms. The van der Waals surface area contributed by atoms with Gasteiger partial charge in [0.2, 0.25) is 0 Å². The van der Waals surface area contributed by atoms with Crippen LogP contribution in [0.25, 0.3) is 0 Å². The number of ether oxygens (including phenoxy) is 1. The number of carbonyl (C=O) groups is 1. The first-order valence-corrected chi connectivity index (χ1v) is 8.79. The van der Waals surface area contributed by atoms with Crippen molar-refractivity contribution in [1.82, 2.24) is 0 Å². The number of hydrogen-bond donors (Lipinski definition) is 0. The van der Waals surface area contributed by atoms with Crippen molar-refractivity contribution < 1.29 is 31.5 Å². The third kappa shape index (κ3) is 9.37. The fourth-order valence-electron chi connectivity index (χ4n) is 1.77. The number of carbonyl (C=O) groups excluding carboxylic acids is 1. The van der Waals surface area contributed by atoms with Gasteiger partial charge in [-0.2, -0.15) is 22.0 Å². The van der Waals surface area contributed by atoms with Crippen LogP contribution in [-0.4, -0.2) is 35.7 Å². The van der Waals surface area contributed by atoms with Crippen LogP contribution in [0.1, 0.15) is 52.9 Å². The van der Waals surface area contributed by atoms with Gasteiger partial charge in [0, 0.05) is 6.42 Å². The molecule has 1 atom stereocenters. The zero-order valence-corrected chi connectivity index (χ0v) is 14.5. The molecule has 0 aliphatic rings. The molecule has 1 unspecified atom stereocenters. The molecular weight excluding hydrogens is 339 g/mol. The summed E-state index contributed by atoms with van der Waals surface area (Å²) in [6.45, 7) is 6.10. The van der Waals surface area contributed by atoms with Gasteiger partial charge in [0.1, 0.15) is 5.25 Å². The predicted octanol–water partition coefficient (Wildman–Crippen LogP) is 5.46. The van der Waals surface area contributed by atoms with Gasteiger partial charge in [-0.15, -0.1) is 11.8 Å². The molecule has 0 saturated heterocycles. The largest absolute Gasteiger partial charge is 0.465 e. The van der Waals surface area contributed by atoms with Crippen LogP contribution in [0.4, 0.5) is 22.0 Å². The van der Waals surface area contributed by atoms with E-state index in [9.17, 15) is 26.7 Å². The Morgan fingerprint density at radius 2 is 1.74 bits per heavy atom. The number of esters is 1. The number of thioether (sulfide) groups is 1. The minimum absolute atomic E-state index is 0.200. The number of alkyl halides is 5. The molecule has 0 aromatic rings. The van der Waals surface area contributed by atoms with Crippen molar-refractivity contribution in [2.75, 3.05) is 12.4 Å². The SMILES string of the molecule is CCCOC(=O)C(CC(C)C)SCCCCC(F)(F)C(F)(F)F. The van der Waals surface area contributed by atoms with E-state index in [1.54, 1.807) is 0 Å². The molecule has 0 fully saturated rings. The maximum atomic E-state index is 12.8. The Morgan fingerprint density at radius 3 is 2.22 bits per heavy atom. The van der Waals surface area contributed by atoms with Crippen LogP contribution in [0.15, 0.2) is 0 Å². The van der Waals surface area contributed by atoms with Crippen molar-refractivity contribution in [3.63, 3.8) is 0 Å². The third-order valence-electron chi connectivity index (χ3n) is 3.02. The molecule has 0 aromatic heterocycles. The van der Waals surface area contributed by atoms with Crippen LogP contribution in [0.5, 0.6) is 0 Å². The normalized spacial score (nSPS) is 14.1. The van der Waals surface area contributed by atoms with Crippen LogP contribution < -0.4 is 0 Å². The molecule has 0 rings (SSSR count). The van der Waals surface area contributed by atoms with Gasteiger partial charge < -0.3 is 4.74 Å². The highest BCUT2D eigenvalue weighted by atomic mass is 32.2. The molecule has 0 bridgehead atoms. The van der Waals surface area contributed by atoms with Crippen molar-refractivity contribution in [1.29, 1.82) is 0 Å². The van der Waals surface area contributed by atoms with E-state index >= 15 is 0 Å². The summed E-state index contributed by atoms with van der Waals surface area (Å²) in [5, 5.41) is -0.398. The fraction of sp³-hybridized carbons (Fsp3) is 0.933. The minimum atomic E-state index is -5.50. The van der Waals surface area contributed by atoms with Crippen LogP contribution >= 0.6 is 11.8 Å². The third-order valence-corrected chi connectivity index (χ3v) is 4.33. The first-order valence-electron chi connectivity index (χ1n) is 7.74. The number of hydrogen-bond acceptors (Lipinski definition) is 3. The molecule has 0 aliphatic carbocycles. The topological polar surface area (TPSA) is 26.3 Å². The molecule has 138 valence electrons. The highest BCUT2D eigenvalue weighted by Crippen LogP contribution is 2.39. The van der Waals surface area contributed by atoms with Gasteiger partial charge in [0.25, 0.3) is 0 Å². The van der Waals surface area contributed by atoms with E-state index in [2.05, 4.69) is 0 Å². The summed E-state index contributed by atoms with van der Waals surface area (Å²) in [4.78, 5) is 11.9. The molecule has 0 amide bonds. The van der Waals surface area contributed by atoms with Gasteiger partial charge in [0.05, 0.1) is 6.61 Å². The predicted molar refractivity (Wildman–Crippen MR) is 81.8 cm³/mol.